The monoisotopic (exact) mass is 191 g/mol. The lowest BCUT2D eigenvalue weighted by atomic mass is 10.1. The first-order chi connectivity index (χ1) is 6.78. The minimum atomic E-state index is -0.230. The molecule has 1 aromatic heterocycles. The van der Waals surface area contributed by atoms with Gasteiger partial charge in [-0.3, -0.25) is 0 Å². The number of hydrogen-bond donors (Lipinski definition) is 1. The topological polar surface area (TPSA) is 61.0 Å². The molecular formula is C10H13N3O. The summed E-state index contributed by atoms with van der Waals surface area (Å²) in [4.78, 5) is 8.82. The molecule has 4 nitrogen and oxygen atoms in total. The van der Waals surface area contributed by atoms with Gasteiger partial charge in [-0.2, -0.15) is 0 Å². The summed E-state index contributed by atoms with van der Waals surface area (Å²) in [6, 6.07) is 0. The minimum absolute atomic E-state index is 0.230. The molecule has 0 amide bonds. The molecule has 4 heteroatoms. The van der Waals surface area contributed by atoms with Crippen molar-refractivity contribution >= 4 is 0 Å². The molecule has 0 aromatic carbocycles. The van der Waals surface area contributed by atoms with Crippen LogP contribution in [0.15, 0.2) is 6.20 Å². The van der Waals surface area contributed by atoms with Crippen molar-refractivity contribution < 1.29 is 4.74 Å². The molecule has 0 atom stereocenters. The molecule has 0 spiro atoms. The smallest absolute Gasteiger partial charge is 0.148 e. The van der Waals surface area contributed by atoms with E-state index >= 15 is 0 Å². The number of fused-ring (bicyclic) bond motifs is 1. The lowest BCUT2D eigenvalue weighted by molar-refractivity contribution is 0.107. The molecule has 0 bridgehead atoms. The van der Waals surface area contributed by atoms with Crippen molar-refractivity contribution in [1.82, 2.24) is 9.97 Å². The molecule has 1 saturated carbocycles. The molecule has 2 heterocycles. The highest BCUT2D eigenvalue weighted by atomic mass is 16.5. The highest BCUT2D eigenvalue weighted by molar-refractivity contribution is 5.23. The maximum Gasteiger partial charge on any atom is 0.148 e. The van der Waals surface area contributed by atoms with Gasteiger partial charge >= 0.3 is 0 Å². The molecule has 0 saturated heterocycles. The van der Waals surface area contributed by atoms with Gasteiger partial charge in [0.15, 0.2) is 0 Å². The SMILES string of the molecule is NC1(c2ncc3c(n2)COCC3)CC1. The maximum absolute atomic E-state index is 6.04. The summed E-state index contributed by atoms with van der Waals surface area (Å²) >= 11 is 0. The van der Waals surface area contributed by atoms with Gasteiger partial charge in [-0.05, 0) is 24.8 Å². The summed E-state index contributed by atoms with van der Waals surface area (Å²) in [5.41, 5.74) is 8.04. The van der Waals surface area contributed by atoms with Crippen LogP contribution in [0.3, 0.4) is 0 Å². The van der Waals surface area contributed by atoms with Crippen LogP contribution in [-0.4, -0.2) is 16.6 Å². The van der Waals surface area contributed by atoms with E-state index in [0.717, 1.165) is 37.4 Å². The molecule has 2 N–H and O–H groups in total. The summed E-state index contributed by atoms with van der Waals surface area (Å²) in [7, 11) is 0. The van der Waals surface area contributed by atoms with E-state index in [2.05, 4.69) is 9.97 Å². The lowest BCUT2D eigenvalue weighted by Gasteiger charge is -2.17. The highest BCUT2D eigenvalue weighted by Crippen LogP contribution is 2.40. The van der Waals surface area contributed by atoms with Gasteiger partial charge in [0.1, 0.15) is 5.82 Å². The minimum Gasteiger partial charge on any atom is -0.375 e. The Labute approximate surface area is 82.5 Å². The van der Waals surface area contributed by atoms with Gasteiger partial charge in [0, 0.05) is 6.20 Å². The van der Waals surface area contributed by atoms with E-state index in [-0.39, 0.29) is 5.54 Å². The summed E-state index contributed by atoms with van der Waals surface area (Å²) in [5, 5.41) is 0. The van der Waals surface area contributed by atoms with Crippen LogP contribution in [0.5, 0.6) is 0 Å². The van der Waals surface area contributed by atoms with Gasteiger partial charge in [-0.1, -0.05) is 0 Å². The molecule has 74 valence electrons. The molecule has 1 aliphatic heterocycles. The van der Waals surface area contributed by atoms with Gasteiger partial charge in [-0.25, -0.2) is 9.97 Å². The highest BCUT2D eigenvalue weighted by Gasteiger charge is 2.43. The molecule has 0 unspecified atom stereocenters. The Kier molecular flexibility index (Phi) is 1.63. The van der Waals surface area contributed by atoms with Crippen molar-refractivity contribution in [2.24, 2.45) is 5.73 Å². The van der Waals surface area contributed by atoms with E-state index in [1.54, 1.807) is 0 Å². The summed E-state index contributed by atoms with van der Waals surface area (Å²) in [6.07, 6.45) is 4.85. The van der Waals surface area contributed by atoms with Crippen LogP contribution in [0.4, 0.5) is 0 Å². The Balaban J connectivity index is 2.01. The Bertz CT molecular complexity index is 374. The van der Waals surface area contributed by atoms with Crippen LogP contribution in [0.2, 0.25) is 0 Å². The predicted octanol–water partition coefficient (Wildman–Crippen LogP) is 0.497. The molecule has 0 radical (unpaired) electrons. The van der Waals surface area contributed by atoms with Crippen molar-refractivity contribution in [3.05, 3.63) is 23.3 Å². The van der Waals surface area contributed by atoms with Gasteiger partial charge in [0.2, 0.25) is 0 Å². The zero-order valence-electron chi connectivity index (χ0n) is 7.99. The van der Waals surface area contributed by atoms with E-state index in [0.29, 0.717) is 6.61 Å². The Morgan fingerprint density at radius 2 is 2.29 bits per heavy atom. The van der Waals surface area contributed by atoms with Gasteiger partial charge in [0.05, 0.1) is 24.4 Å². The average Bonchev–Trinajstić information content (AvgIpc) is 2.97. The predicted molar refractivity (Wildman–Crippen MR) is 50.5 cm³/mol. The zero-order valence-corrected chi connectivity index (χ0v) is 7.99. The number of ether oxygens (including phenoxy) is 1. The Hall–Kier alpha value is -1.00. The van der Waals surface area contributed by atoms with Crippen LogP contribution in [0.1, 0.15) is 29.9 Å². The first kappa shape index (κ1) is 8.32. The first-order valence-corrected chi connectivity index (χ1v) is 5.00. The summed E-state index contributed by atoms with van der Waals surface area (Å²) in [6.45, 7) is 1.39. The van der Waals surface area contributed by atoms with E-state index in [1.807, 2.05) is 6.20 Å². The second-order valence-electron chi connectivity index (χ2n) is 4.12. The molecule has 14 heavy (non-hydrogen) atoms. The van der Waals surface area contributed by atoms with E-state index in [1.165, 1.54) is 5.56 Å². The molecule has 3 rings (SSSR count). The Morgan fingerprint density at radius 1 is 1.43 bits per heavy atom. The maximum atomic E-state index is 6.04. The fourth-order valence-electron chi connectivity index (χ4n) is 1.73. The van der Waals surface area contributed by atoms with Crippen LogP contribution in [0, 0.1) is 0 Å². The van der Waals surface area contributed by atoms with Crippen LogP contribution in [0.25, 0.3) is 0 Å². The van der Waals surface area contributed by atoms with Gasteiger partial charge in [-0.15, -0.1) is 0 Å². The van der Waals surface area contributed by atoms with Crippen molar-refractivity contribution in [2.75, 3.05) is 6.61 Å². The normalized spacial score (nSPS) is 22.9. The standard InChI is InChI=1S/C10H13N3O/c11-10(2-3-10)9-12-5-7-1-4-14-6-8(7)13-9/h5H,1-4,6,11H2. The second-order valence-corrected chi connectivity index (χ2v) is 4.12. The number of nitrogens with zero attached hydrogens (tertiary/aromatic N) is 2. The fraction of sp³-hybridized carbons (Fsp3) is 0.600. The van der Waals surface area contributed by atoms with Crippen molar-refractivity contribution in [1.29, 1.82) is 0 Å². The number of rotatable bonds is 1. The van der Waals surface area contributed by atoms with Crippen LogP contribution >= 0.6 is 0 Å². The average molecular weight is 191 g/mol. The molecule has 2 aliphatic rings. The van der Waals surface area contributed by atoms with E-state index in [4.69, 9.17) is 10.5 Å². The quantitative estimate of drug-likeness (QED) is 0.702. The molecule has 1 fully saturated rings. The first-order valence-electron chi connectivity index (χ1n) is 5.00. The van der Waals surface area contributed by atoms with Crippen molar-refractivity contribution in [3.8, 4) is 0 Å². The lowest BCUT2D eigenvalue weighted by Crippen LogP contribution is -2.24. The Morgan fingerprint density at radius 3 is 3.07 bits per heavy atom. The zero-order chi connectivity index (χ0) is 9.60. The van der Waals surface area contributed by atoms with E-state index in [9.17, 15) is 0 Å². The third-order valence-electron chi connectivity index (χ3n) is 2.94. The van der Waals surface area contributed by atoms with Gasteiger partial charge in [0.25, 0.3) is 0 Å². The van der Waals surface area contributed by atoms with Crippen molar-refractivity contribution in [3.63, 3.8) is 0 Å². The number of aromatic nitrogens is 2. The fourth-order valence-corrected chi connectivity index (χ4v) is 1.73. The molecule has 1 aliphatic carbocycles. The number of hydrogen-bond acceptors (Lipinski definition) is 4. The number of nitrogens with two attached hydrogens (primary N) is 1. The van der Waals surface area contributed by atoms with E-state index < -0.39 is 0 Å². The third kappa shape index (κ3) is 1.22. The molecule has 1 aromatic rings. The largest absolute Gasteiger partial charge is 0.375 e. The van der Waals surface area contributed by atoms with Crippen LogP contribution in [-0.2, 0) is 23.3 Å². The van der Waals surface area contributed by atoms with Crippen LogP contribution < -0.4 is 5.73 Å². The third-order valence-corrected chi connectivity index (χ3v) is 2.94. The van der Waals surface area contributed by atoms with Gasteiger partial charge < -0.3 is 10.5 Å². The van der Waals surface area contributed by atoms with Crippen molar-refractivity contribution in [2.45, 2.75) is 31.4 Å². The summed E-state index contributed by atoms with van der Waals surface area (Å²) in [5.74, 6) is 0.793. The second kappa shape index (κ2) is 2.74. The summed E-state index contributed by atoms with van der Waals surface area (Å²) < 4.78 is 5.35. The molecular weight excluding hydrogens is 178 g/mol.